The van der Waals surface area contributed by atoms with Crippen molar-refractivity contribution in [1.82, 2.24) is 0 Å². The average molecular weight is 416 g/mol. The van der Waals surface area contributed by atoms with Gasteiger partial charge in [-0.25, -0.2) is 0 Å². The Morgan fingerprint density at radius 2 is 1.80 bits per heavy atom. The molecule has 0 atom stereocenters. The molecule has 0 amide bonds. The summed E-state index contributed by atoms with van der Waals surface area (Å²) in [6.07, 6.45) is 2.26. The third kappa shape index (κ3) is 3.05. The van der Waals surface area contributed by atoms with Crippen LogP contribution < -0.4 is 5.32 Å². The minimum Gasteiger partial charge on any atom is -0.381 e. The highest BCUT2D eigenvalue weighted by Gasteiger charge is 2.31. The van der Waals surface area contributed by atoms with Crippen LogP contribution in [0.2, 0.25) is 5.02 Å². The molecule has 0 saturated heterocycles. The van der Waals surface area contributed by atoms with Gasteiger partial charge in [-0.2, -0.15) is 0 Å². The number of halogens is 3. The number of nitrogens with one attached hydrogen (secondary N) is 1. The maximum absolute atomic E-state index is 6.25. The van der Waals surface area contributed by atoms with Crippen LogP contribution in [0, 0.1) is 0 Å². The van der Waals surface area contributed by atoms with Crippen LogP contribution in [0.5, 0.6) is 0 Å². The zero-order valence-corrected chi connectivity index (χ0v) is 14.7. The summed E-state index contributed by atoms with van der Waals surface area (Å²) in [6, 6.07) is 14.9. The van der Waals surface area contributed by atoms with Gasteiger partial charge in [0.2, 0.25) is 0 Å². The third-order valence-electron chi connectivity index (χ3n) is 3.77. The fourth-order valence-electron chi connectivity index (χ4n) is 2.62. The van der Waals surface area contributed by atoms with Crippen molar-refractivity contribution in [3.8, 4) is 0 Å². The SMILES string of the molecule is Clc1ccccc1C1CC(Nc2ccc(Br)cc2Br)C1. The molecule has 2 aromatic carbocycles. The van der Waals surface area contributed by atoms with Crippen molar-refractivity contribution >= 4 is 49.1 Å². The Balaban J connectivity index is 1.62. The van der Waals surface area contributed by atoms with E-state index >= 15 is 0 Å². The van der Waals surface area contributed by atoms with Crippen LogP contribution in [0.3, 0.4) is 0 Å². The molecule has 1 aliphatic rings. The molecule has 0 heterocycles. The Hall–Kier alpha value is -0.510. The van der Waals surface area contributed by atoms with Crippen LogP contribution in [-0.4, -0.2) is 6.04 Å². The lowest BCUT2D eigenvalue weighted by atomic mass is 9.76. The maximum Gasteiger partial charge on any atom is 0.0487 e. The minimum absolute atomic E-state index is 0.522. The lowest BCUT2D eigenvalue weighted by Gasteiger charge is -2.37. The first-order valence-electron chi connectivity index (χ1n) is 6.59. The summed E-state index contributed by atoms with van der Waals surface area (Å²) in [5.41, 5.74) is 2.43. The van der Waals surface area contributed by atoms with E-state index < -0.39 is 0 Å². The number of rotatable bonds is 3. The van der Waals surface area contributed by atoms with E-state index in [-0.39, 0.29) is 0 Å². The van der Waals surface area contributed by atoms with Crippen LogP contribution in [0.1, 0.15) is 24.3 Å². The molecule has 104 valence electrons. The Morgan fingerprint density at radius 3 is 2.50 bits per heavy atom. The van der Waals surface area contributed by atoms with E-state index in [4.69, 9.17) is 11.6 Å². The molecule has 0 spiro atoms. The van der Waals surface area contributed by atoms with Crippen molar-refractivity contribution in [2.75, 3.05) is 5.32 Å². The fourth-order valence-corrected chi connectivity index (χ4v) is 4.07. The second-order valence-electron chi connectivity index (χ2n) is 5.16. The van der Waals surface area contributed by atoms with Crippen molar-refractivity contribution in [1.29, 1.82) is 0 Å². The zero-order chi connectivity index (χ0) is 14.1. The van der Waals surface area contributed by atoms with Crippen LogP contribution in [0.15, 0.2) is 51.4 Å². The number of hydrogen-bond donors (Lipinski definition) is 1. The van der Waals surface area contributed by atoms with Gasteiger partial charge in [-0.3, -0.25) is 0 Å². The summed E-state index contributed by atoms with van der Waals surface area (Å²) in [5, 5.41) is 4.47. The molecule has 0 radical (unpaired) electrons. The monoisotopic (exact) mass is 413 g/mol. The lowest BCUT2D eigenvalue weighted by Crippen LogP contribution is -2.34. The first-order valence-corrected chi connectivity index (χ1v) is 8.56. The molecular formula is C16H14Br2ClN. The van der Waals surface area contributed by atoms with E-state index in [2.05, 4.69) is 67.5 Å². The first-order chi connectivity index (χ1) is 9.63. The van der Waals surface area contributed by atoms with Crippen molar-refractivity contribution in [2.45, 2.75) is 24.8 Å². The van der Waals surface area contributed by atoms with Gasteiger partial charge in [0.05, 0.1) is 0 Å². The number of benzene rings is 2. The second-order valence-corrected chi connectivity index (χ2v) is 7.33. The zero-order valence-electron chi connectivity index (χ0n) is 10.7. The molecule has 0 aliphatic heterocycles. The molecule has 0 unspecified atom stereocenters. The molecule has 1 aliphatic carbocycles. The first kappa shape index (κ1) is 14.4. The van der Waals surface area contributed by atoms with E-state index in [0.29, 0.717) is 12.0 Å². The quantitative estimate of drug-likeness (QED) is 0.627. The minimum atomic E-state index is 0.522. The standard InChI is InChI=1S/C16H14Br2ClN/c17-11-5-6-16(14(18)9-11)20-12-7-10(8-12)13-3-1-2-4-15(13)19/h1-6,9-10,12,20H,7-8H2. The van der Waals surface area contributed by atoms with Gasteiger partial charge in [0.25, 0.3) is 0 Å². The summed E-state index contributed by atoms with van der Waals surface area (Å²) in [7, 11) is 0. The normalized spacial score (nSPS) is 21.4. The van der Waals surface area contributed by atoms with Crippen molar-refractivity contribution in [2.24, 2.45) is 0 Å². The Labute approximate surface area is 141 Å². The van der Waals surface area contributed by atoms with Gasteiger partial charge in [-0.05, 0) is 64.5 Å². The smallest absolute Gasteiger partial charge is 0.0487 e. The van der Waals surface area contributed by atoms with E-state index in [1.54, 1.807) is 0 Å². The maximum atomic E-state index is 6.25. The Morgan fingerprint density at radius 1 is 1.05 bits per heavy atom. The Kier molecular flexibility index (Phi) is 4.39. The van der Waals surface area contributed by atoms with Gasteiger partial charge in [-0.1, -0.05) is 45.7 Å². The van der Waals surface area contributed by atoms with Crippen molar-refractivity contribution < 1.29 is 0 Å². The van der Waals surface area contributed by atoms with E-state index in [1.165, 1.54) is 5.56 Å². The van der Waals surface area contributed by atoms with Crippen molar-refractivity contribution in [3.63, 3.8) is 0 Å². The number of anilines is 1. The highest BCUT2D eigenvalue weighted by Crippen LogP contribution is 2.42. The van der Waals surface area contributed by atoms with Crippen LogP contribution in [0.25, 0.3) is 0 Å². The lowest BCUT2D eigenvalue weighted by molar-refractivity contribution is 0.374. The molecule has 2 aromatic rings. The molecule has 0 aromatic heterocycles. The third-order valence-corrected chi connectivity index (χ3v) is 5.27. The highest BCUT2D eigenvalue weighted by atomic mass is 79.9. The summed E-state index contributed by atoms with van der Waals surface area (Å²) in [6.45, 7) is 0. The number of hydrogen-bond acceptors (Lipinski definition) is 1. The topological polar surface area (TPSA) is 12.0 Å². The fraction of sp³-hybridized carbons (Fsp3) is 0.250. The van der Waals surface area contributed by atoms with Crippen LogP contribution >= 0.6 is 43.5 Å². The molecule has 1 saturated carbocycles. The van der Waals surface area contributed by atoms with Crippen LogP contribution in [0.4, 0.5) is 5.69 Å². The average Bonchev–Trinajstić information content (AvgIpc) is 2.37. The Bertz CT molecular complexity index is 624. The summed E-state index contributed by atoms with van der Waals surface area (Å²) < 4.78 is 2.17. The molecule has 3 rings (SSSR count). The van der Waals surface area contributed by atoms with E-state index in [9.17, 15) is 0 Å². The molecule has 4 heteroatoms. The molecule has 20 heavy (non-hydrogen) atoms. The predicted octanol–water partition coefficient (Wildman–Crippen LogP) is 6.22. The molecule has 1 N–H and O–H groups in total. The summed E-state index contributed by atoms with van der Waals surface area (Å²) >= 11 is 13.3. The van der Waals surface area contributed by atoms with Gasteiger partial charge >= 0.3 is 0 Å². The van der Waals surface area contributed by atoms with Gasteiger partial charge in [0.15, 0.2) is 0 Å². The highest BCUT2D eigenvalue weighted by molar-refractivity contribution is 9.11. The molecule has 1 fully saturated rings. The summed E-state index contributed by atoms with van der Waals surface area (Å²) in [5.74, 6) is 0.579. The van der Waals surface area contributed by atoms with Gasteiger partial charge < -0.3 is 5.32 Å². The van der Waals surface area contributed by atoms with E-state index in [1.807, 2.05) is 12.1 Å². The van der Waals surface area contributed by atoms with Crippen molar-refractivity contribution in [3.05, 3.63) is 62.0 Å². The predicted molar refractivity (Wildman–Crippen MR) is 92.7 cm³/mol. The molecular weight excluding hydrogens is 401 g/mol. The largest absolute Gasteiger partial charge is 0.381 e. The second kappa shape index (κ2) is 6.08. The van der Waals surface area contributed by atoms with Gasteiger partial charge in [-0.15, -0.1) is 0 Å². The van der Waals surface area contributed by atoms with Gasteiger partial charge in [0.1, 0.15) is 0 Å². The van der Waals surface area contributed by atoms with E-state index in [0.717, 1.165) is 32.5 Å². The summed E-state index contributed by atoms with van der Waals surface area (Å²) in [4.78, 5) is 0. The van der Waals surface area contributed by atoms with Gasteiger partial charge in [0, 0.05) is 25.7 Å². The molecule has 1 nitrogen and oxygen atoms in total. The van der Waals surface area contributed by atoms with Crippen LogP contribution in [-0.2, 0) is 0 Å². The molecule has 0 bridgehead atoms.